The van der Waals surface area contributed by atoms with Crippen LogP contribution in [0.2, 0.25) is 0 Å². The van der Waals surface area contributed by atoms with E-state index in [1.165, 1.54) is 0 Å². The van der Waals surface area contributed by atoms with Gasteiger partial charge < -0.3 is 10.1 Å². The molecule has 3 rings (SSSR count). The summed E-state index contributed by atoms with van der Waals surface area (Å²) in [6.45, 7) is 6.10. The van der Waals surface area contributed by atoms with Crippen LogP contribution in [0.25, 0.3) is 11.1 Å². The van der Waals surface area contributed by atoms with Gasteiger partial charge in [-0.3, -0.25) is 4.98 Å². The van der Waals surface area contributed by atoms with E-state index in [2.05, 4.69) is 34.2 Å². The van der Waals surface area contributed by atoms with Crippen molar-refractivity contribution in [3.05, 3.63) is 48.5 Å². The highest BCUT2D eigenvalue weighted by Crippen LogP contribution is 2.33. The molecule has 0 saturated carbocycles. The first-order valence-corrected chi connectivity index (χ1v) is 7.86. The molecular formula is C18H21N5O. The van der Waals surface area contributed by atoms with Crippen LogP contribution in [0.1, 0.15) is 25.6 Å². The number of nitrogens with zero attached hydrogens (tertiary/aromatic N) is 4. The quantitative estimate of drug-likeness (QED) is 0.769. The lowest BCUT2D eigenvalue weighted by atomic mass is 10.0. The third-order valence-corrected chi connectivity index (χ3v) is 3.70. The number of hydrogen-bond acceptors (Lipinski definition) is 5. The molecule has 0 aliphatic heterocycles. The fourth-order valence-electron chi connectivity index (χ4n) is 2.43. The zero-order valence-electron chi connectivity index (χ0n) is 14.3. The van der Waals surface area contributed by atoms with Crippen LogP contribution in [0.15, 0.2) is 42.9 Å². The summed E-state index contributed by atoms with van der Waals surface area (Å²) in [4.78, 5) is 8.51. The van der Waals surface area contributed by atoms with Crippen molar-refractivity contribution >= 4 is 11.6 Å². The minimum Gasteiger partial charge on any atom is -0.496 e. The van der Waals surface area contributed by atoms with Crippen molar-refractivity contribution in [1.82, 2.24) is 19.7 Å². The first-order chi connectivity index (χ1) is 11.6. The molecule has 0 fully saturated rings. The van der Waals surface area contributed by atoms with E-state index in [9.17, 15) is 0 Å². The topological polar surface area (TPSA) is 64.9 Å². The molecule has 1 aromatic carbocycles. The fourth-order valence-corrected chi connectivity index (χ4v) is 2.43. The summed E-state index contributed by atoms with van der Waals surface area (Å²) in [5.41, 5.74) is 3.95. The molecule has 6 heteroatoms. The second-order valence-corrected chi connectivity index (χ2v) is 5.87. The molecule has 1 N–H and O–H groups in total. The van der Waals surface area contributed by atoms with Gasteiger partial charge in [0.1, 0.15) is 12.1 Å². The van der Waals surface area contributed by atoms with E-state index >= 15 is 0 Å². The second-order valence-electron chi connectivity index (χ2n) is 5.87. The van der Waals surface area contributed by atoms with Crippen LogP contribution in [0.3, 0.4) is 0 Å². The van der Waals surface area contributed by atoms with Gasteiger partial charge in [-0.25, -0.2) is 9.67 Å². The molecule has 0 aliphatic rings. The second kappa shape index (κ2) is 6.70. The predicted octanol–water partition coefficient (Wildman–Crippen LogP) is 3.98. The van der Waals surface area contributed by atoms with Crippen molar-refractivity contribution < 1.29 is 4.74 Å². The third kappa shape index (κ3) is 3.37. The van der Waals surface area contributed by atoms with Crippen LogP contribution in [-0.4, -0.2) is 26.9 Å². The highest BCUT2D eigenvalue weighted by molar-refractivity contribution is 5.74. The molecule has 0 amide bonds. The average Bonchev–Trinajstić information content (AvgIpc) is 3.03. The third-order valence-electron chi connectivity index (χ3n) is 3.70. The molecule has 2 aromatic heterocycles. The minimum absolute atomic E-state index is 0.278. The van der Waals surface area contributed by atoms with Crippen LogP contribution in [0.4, 0.5) is 11.6 Å². The lowest BCUT2D eigenvalue weighted by molar-refractivity contribution is 0.416. The largest absolute Gasteiger partial charge is 0.496 e. The molecule has 0 atom stereocenters. The Hall–Kier alpha value is -2.89. The van der Waals surface area contributed by atoms with Gasteiger partial charge in [-0.1, -0.05) is 0 Å². The highest BCUT2D eigenvalue weighted by atomic mass is 16.5. The number of aromatic nitrogens is 4. The Morgan fingerprint density at radius 1 is 1.12 bits per heavy atom. The number of benzene rings is 1. The highest BCUT2D eigenvalue weighted by Gasteiger charge is 2.09. The Kier molecular flexibility index (Phi) is 4.46. The average molecular weight is 323 g/mol. The summed E-state index contributed by atoms with van der Waals surface area (Å²) in [5.74, 6) is 1.35. The summed E-state index contributed by atoms with van der Waals surface area (Å²) in [6.07, 6.45) is 3.52. The van der Waals surface area contributed by atoms with Gasteiger partial charge in [-0.15, -0.1) is 5.10 Å². The molecule has 0 unspecified atom stereocenters. The monoisotopic (exact) mass is 323 g/mol. The van der Waals surface area contributed by atoms with Gasteiger partial charge in [0.05, 0.1) is 7.11 Å². The summed E-state index contributed by atoms with van der Waals surface area (Å²) in [7, 11) is 1.67. The van der Waals surface area contributed by atoms with Gasteiger partial charge in [0.2, 0.25) is 5.95 Å². The Bertz CT molecular complexity index is 841. The number of ether oxygens (including phenoxy) is 1. The Morgan fingerprint density at radius 3 is 2.62 bits per heavy atom. The Balaban J connectivity index is 1.88. The normalized spacial score (nSPS) is 10.9. The van der Waals surface area contributed by atoms with E-state index in [1.54, 1.807) is 19.6 Å². The first kappa shape index (κ1) is 16.0. The first-order valence-electron chi connectivity index (χ1n) is 7.86. The molecule has 0 spiro atoms. The molecule has 24 heavy (non-hydrogen) atoms. The maximum Gasteiger partial charge on any atom is 0.246 e. The molecule has 0 bridgehead atoms. The lowest BCUT2D eigenvalue weighted by Crippen LogP contribution is -2.02. The summed E-state index contributed by atoms with van der Waals surface area (Å²) >= 11 is 0. The molecule has 0 saturated heterocycles. The zero-order chi connectivity index (χ0) is 17.1. The number of pyridine rings is 1. The van der Waals surface area contributed by atoms with Crippen molar-refractivity contribution in [1.29, 1.82) is 0 Å². The standard InChI is InChI=1S/C18H21N5O/c1-12(2)23-11-20-18(22-23)21-15-5-6-16(17(10-15)24-4)14-7-8-19-13(3)9-14/h5-12H,1-4H3,(H,21,22). The van der Waals surface area contributed by atoms with Crippen molar-refractivity contribution in [2.75, 3.05) is 12.4 Å². The van der Waals surface area contributed by atoms with Gasteiger partial charge in [-0.2, -0.15) is 0 Å². The summed E-state index contributed by atoms with van der Waals surface area (Å²) < 4.78 is 7.37. The van der Waals surface area contributed by atoms with Gasteiger partial charge in [-0.05, 0) is 50.6 Å². The van der Waals surface area contributed by atoms with Crippen LogP contribution in [0.5, 0.6) is 5.75 Å². The molecule has 0 aliphatic carbocycles. The van der Waals surface area contributed by atoms with E-state index in [0.29, 0.717) is 5.95 Å². The predicted molar refractivity (Wildman–Crippen MR) is 94.7 cm³/mol. The van der Waals surface area contributed by atoms with Crippen LogP contribution in [0, 0.1) is 6.92 Å². The van der Waals surface area contributed by atoms with E-state index in [4.69, 9.17) is 4.74 Å². The van der Waals surface area contributed by atoms with Crippen molar-refractivity contribution in [2.24, 2.45) is 0 Å². The fraction of sp³-hybridized carbons (Fsp3) is 0.278. The van der Waals surface area contributed by atoms with E-state index in [1.807, 2.05) is 41.9 Å². The van der Waals surface area contributed by atoms with Gasteiger partial charge >= 0.3 is 0 Å². The van der Waals surface area contributed by atoms with Gasteiger partial charge in [0, 0.05) is 35.2 Å². The number of hydrogen-bond donors (Lipinski definition) is 1. The number of anilines is 2. The lowest BCUT2D eigenvalue weighted by Gasteiger charge is -2.11. The molecule has 3 aromatic rings. The van der Waals surface area contributed by atoms with Crippen LogP contribution >= 0.6 is 0 Å². The number of nitrogens with one attached hydrogen (secondary N) is 1. The SMILES string of the molecule is COc1cc(Nc2ncn(C(C)C)n2)ccc1-c1ccnc(C)c1. The Morgan fingerprint density at radius 2 is 1.96 bits per heavy atom. The molecule has 2 heterocycles. The van der Waals surface area contributed by atoms with Crippen LogP contribution < -0.4 is 10.1 Å². The molecule has 0 radical (unpaired) electrons. The molecular weight excluding hydrogens is 302 g/mol. The summed E-state index contributed by atoms with van der Waals surface area (Å²) in [6, 6.07) is 10.3. The van der Waals surface area contributed by atoms with Crippen LogP contribution in [-0.2, 0) is 0 Å². The molecule has 6 nitrogen and oxygen atoms in total. The summed E-state index contributed by atoms with van der Waals surface area (Å²) in [5, 5.41) is 7.61. The minimum atomic E-state index is 0.278. The smallest absolute Gasteiger partial charge is 0.246 e. The van der Waals surface area contributed by atoms with Crippen molar-refractivity contribution in [3.63, 3.8) is 0 Å². The molecule has 124 valence electrons. The number of aryl methyl sites for hydroxylation is 1. The van der Waals surface area contributed by atoms with Gasteiger partial charge in [0.25, 0.3) is 0 Å². The number of methoxy groups -OCH3 is 1. The Labute approximate surface area is 141 Å². The van der Waals surface area contributed by atoms with E-state index in [-0.39, 0.29) is 6.04 Å². The van der Waals surface area contributed by atoms with Crippen molar-refractivity contribution in [2.45, 2.75) is 26.8 Å². The van der Waals surface area contributed by atoms with Crippen molar-refractivity contribution in [3.8, 4) is 16.9 Å². The maximum atomic E-state index is 5.55. The van der Waals surface area contributed by atoms with Gasteiger partial charge in [0.15, 0.2) is 0 Å². The number of rotatable bonds is 5. The zero-order valence-corrected chi connectivity index (χ0v) is 14.3. The maximum absolute atomic E-state index is 5.55. The van der Waals surface area contributed by atoms with E-state index in [0.717, 1.165) is 28.3 Å². The van der Waals surface area contributed by atoms with E-state index < -0.39 is 0 Å².